The van der Waals surface area contributed by atoms with E-state index < -0.39 is 0 Å². The molecule has 0 atom stereocenters. The second-order valence-corrected chi connectivity index (χ2v) is 6.92. The van der Waals surface area contributed by atoms with Gasteiger partial charge in [0.05, 0.1) is 6.54 Å². The van der Waals surface area contributed by atoms with Crippen LogP contribution in [0.5, 0.6) is 0 Å². The van der Waals surface area contributed by atoms with Gasteiger partial charge in [-0.1, -0.05) is 0 Å². The third-order valence-corrected chi connectivity index (χ3v) is 4.63. The van der Waals surface area contributed by atoms with Gasteiger partial charge in [-0.2, -0.15) is 5.10 Å². The number of amides is 1. The van der Waals surface area contributed by atoms with Crippen LogP contribution >= 0.6 is 11.6 Å². The molecule has 0 saturated heterocycles. The molecule has 4 rings (SSSR count). The third-order valence-electron chi connectivity index (χ3n) is 4.46. The van der Waals surface area contributed by atoms with E-state index in [1.54, 1.807) is 23.0 Å². The first kappa shape index (κ1) is 17.7. The van der Waals surface area contributed by atoms with Gasteiger partial charge in [0.2, 0.25) is 5.91 Å². The van der Waals surface area contributed by atoms with E-state index in [9.17, 15) is 9.18 Å². The molecule has 2 aromatic heterocycles. The standard InChI is InChI=1S/C20H18ClFN4O/c21-8-10-26-12-17(19(25-26)13-3-5-16(22)6-4-13)15-7-9-23-18(11-15)24-20(27)14-1-2-14/h3-7,9,11-12,14H,1-2,8,10H2,(H,23,24,27). The Bertz CT molecular complexity index is 966. The summed E-state index contributed by atoms with van der Waals surface area (Å²) >= 11 is 5.86. The average Bonchev–Trinajstić information content (AvgIpc) is 3.44. The highest BCUT2D eigenvalue weighted by atomic mass is 35.5. The van der Waals surface area contributed by atoms with Crippen molar-refractivity contribution in [3.63, 3.8) is 0 Å². The zero-order chi connectivity index (χ0) is 18.8. The summed E-state index contributed by atoms with van der Waals surface area (Å²) in [6.07, 6.45) is 5.44. The molecular weight excluding hydrogens is 367 g/mol. The maximum atomic E-state index is 13.3. The monoisotopic (exact) mass is 384 g/mol. The first-order valence-electron chi connectivity index (χ1n) is 8.80. The van der Waals surface area contributed by atoms with E-state index in [1.807, 2.05) is 18.3 Å². The molecule has 138 valence electrons. The predicted octanol–water partition coefficient (Wildman–Crippen LogP) is 4.34. The van der Waals surface area contributed by atoms with Crippen LogP contribution in [0.4, 0.5) is 10.2 Å². The Morgan fingerprint density at radius 1 is 1.22 bits per heavy atom. The van der Waals surface area contributed by atoms with Gasteiger partial charge in [0.1, 0.15) is 17.3 Å². The van der Waals surface area contributed by atoms with Crippen molar-refractivity contribution in [3.8, 4) is 22.4 Å². The zero-order valence-corrected chi connectivity index (χ0v) is 15.3. The van der Waals surface area contributed by atoms with E-state index in [0.717, 1.165) is 35.2 Å². The van der Waals surface area contributed by atoms with Gasteiger partial charge >= 0.3 is 0 Å². The molecule has 0 unspecified atom stereocenters. The van der Waals surface area contributed by atoms with Crippen molar-refractivity contribution < 1.29 is 9.18 Å². The summed E-state index contributed by atoms with van der Waals surface area (Å²) in [7, 11) is 0. The number of carbonyl (C=O) groups excluding carboxylic acids is 1. The number of nitrogens with zero attached hydrogens (tertiary/aromatic N) is 3. The molecule has 0 bridgehead atoms. The van der Waals surface area contributed by atoms with Crippen LogP contribution in [0.15, 0.2) is 48.8 Å². The fourth-order valence-corrected chi connectivity index (χ4v) is 3.07. The van der Waals surface area contributed by atoms with Crippen LogP contribution in [0.1, 0.15) is 12.8 Å². The van der Waals surface area contributed by atoms with Crippen LogP contribution in [-0.2, 0) is 11.3 Å². The lowest BCUT2D eigenvalue weighted by molar-refractivity contribution is -0.117. The van der Waals surface area contributed by atoms with Crippen LogP contribution in [-0.4, -0.2) is 26.6 Å². The van der Waals surface area contributed by atoms with E-state index in [2.05, 4.69) is 15.4 Å². The summed E-state index contributed by atoms with van der Waals surface area (Å²) in [6, 6.07) is 9.91. The Labute approximate surface area is 161 Å². The fourth-order valence-electron chi connectivity index (χ4n) is 2.89. The van der Waals surface area contributed by atoms with E-state index in [4.69, 9.17) is 11.6 Å². The summed E-state index contributed by atoms with van der Waals surface area (Å²) in [4.78, 5) is 16.3. The molecule has 27 heavy (non-hydrogen) atoms. The largest absolute Gasteiger partial charge is 0.310 e. The number of carbonyl (C=O) groups is 1. The van der Waals surface area contributed by atoms with Crippen molar-refractivity contribution >= 4 is 23.3 Å². The van der Waals surface area contributed by atoms with Crippen LogP contribution in [0.2, 0.25) is 0 Å². The second kappa shape index (κ2) is 7.48. The Balaban J connectivity index is 1.71. The van der Waals surface area contributed by atoms with Gasteiger partial charge < -0.3 is 5.32 Å². The number of alkyl halides is 1. The van der Waals surface area contributed by atoms with E-state index >= 15 is 0 Å². The normalized spacial score (nSPS) is 13.6. The SMILES string of the molecule is O=C(Nc1cc(-c2cn(CCCl)nc2-c2ccc(F)cc2)ccn1)C1CC1. The predicted molar refractivity (Wildman–Crippen MR) is 103 cm³/mol. The Morgan fingerprint density at radius 3 is 2.70 bits per heavy atom. The Kier molecular flexibility index (Phi) is 4.90. The zero-order valence-electron chi connectivity index (χ0n) is 14.5. The van der Waals surface area contributed by atoms with Gasteiger partial charge in [-0.05, 0) is 54.8 Å². The molecule has 2 heterocycles. The number of rotatable bonds is 6. The third kappa shape index (κ3) is 4.01. The summed E-state index contributed by atoms with van der Waals surface area (Å²) in [6.45, 7) is 0.562. The molecule has 1 amide bonds. The van der Waals surface area contributed by atoms with Crippen LogP contribution in [0, 0.1) is 11.7 Å². The number of benzene rings is 1. The lowest BCUT2D eigenvalue weighted by atomic mass is 10.0. The number of halogens is 2. The van der Waals surface area contributed by atoms with Crippen molar-refractivity contribution in [1.29, 1.82) is 0 Å². The highest BCUT2D eigenvalue weighted by Gasteiger charge is 2.29. The fraction of sp³-hybridized carbons (Fsp3) is 0.250. The maximum Gasteiger partial charge on any atom is 0.228 e. The minimum absolute atomic E-state index is 0.0104. The molecule has 0 spiro atoms. The van der Waals surface area contributed by atoms with Crippen molar-refractivity contribution in [1.82, 2.24) is 14.8 Å². The van der Waals surface area contributed by atoms with E-state index in [1.165, 1.54) is 12.1 Å². The van der Waals surface area contributed by atoms with Gasteiger partial charge in [-0.3, -0.25) is 9.48 Å². The highest BCUT2D eigenvalue weighted by Crippen LogP contribution is 2.33. The first-order chi connectivity index (χ1) is 13.1. The van der Waals surface area contributed by atoms with Crippen molar-refractivity contribution in [2.45, 2.75) is 19.4 Å². The molecule has 1 aromatic carbocycles. The van der Waals surface area contributed by atoms with E-state index in [0.29, 0.717) is 18.2 Å². The number of pyridine rings is 1. The smallest absolute Gasteiger partial charge is 0.228 e. The maximum absolute atomic E-state index is 13.3. The summed E-state index contributed by atoms with van der Waals surface area (Å²) < 4.78 is 15.1. The number of aromatic nitrogens is 3. The molecule has 7 heteroatoms. The molecule has 5 nitrogen and oxygen atoms in total. The second-order valence-electron chi connectivity index (χ2n) is 6.54. The number of aryl methyl sites for hydroxylation is 1. The Morgan fingerprint density at radius 2 is 2.00 bits per heavy atom. The molecule has 1 aliphatic carbocycles. The minimum Gasteiger partial charge on any atom is -0.310 e. The molecule has 1 aliphatic rings. The minimum atomic E-state index is -0.297. The highest BCUT2D eigenvalue weighted by molar-refractivity contribution is 6.17. The van der Waals surface area contributed by atoms with Crippen LogP contribution in [0.25, 0.3) is 22.4 Å². The van der Waals surface area contributed by atoms with Gasteiger partial charge in [0.25, 0.3) is 0 Å². The lowest BCUT2D eigenvalue weighted by Crippen LogP contribution is -2.14. The summed E-state index contributed by atoms with van der Waals surface area (Å²) in [5.74, 6) is 0.769. The average molecular weight is 385 g/mol. The van der Waals surface area contributed by atoms with E-state index in [-0.39, 0.29) is 17.6 Å². The number of hydrogen-bond acceptors (Lipinski definition) is 3. The van der Waals surface area contributed by atoms with Crippen LogP contribution < -0.4 is 5.32 Å². The summed E-state index contributed by atoms with van der Waals surface area (Å²) in [5, 5.41) is 7.47. The topological polar surface area (TPSA) is 59.8 Å². The molecule has 0 radical (unpaired) electrons. The lowest BCUT2D eigenvalue weighted by Gasteiger charge is -2.07. The molecule has 1 N–H and O–H groups in total. The molecule has 1 saturated carbocycles. The molecule has 3 aromatic rings. The molecule has 0 aliphatic heterocycles. The molecule has 1 fully saturated rings. The van der Waals surface area contributed by atoms with Crippen molar-refractivity contribution in [3.05, 3.63) is 54.6 Å². The van der Waals surface area contributed by atoms with Gasteiger partial charge in [0.15, 0.2) is 0 Å². The van der Waals surface area contributed by atoms with Crippen molar-refractivity contribution in [2.75, 3.05) is 11.2 Å². The van der Waals surface area contributed by atoms with Crippen LogP contribution in [0.3, 0.4) is 0 Å². The quantitative estimate of drug-likeness (QED) is 0.643. The Hall–Kier alpha value is -2.73. The number of hydrogen-bond donors (Lipinski definition) is 1. The van der Waals surface area contributed by atoms with Gasteiger partial charge in [-0.25, -0.2) is 9.37 Å². The van der Waals surface area contributed by atoms with Crippen molar-refractivity contribution in [2.24, 2.45) is 5.92 Å². The van der Waals surface area contributed by atoms with Gasteiger partial charge in [0, 0.05) is 35.3 Å². The number of anilines is 1. The van der Waals surface area contributed by atoms with Gasteiger partial charge in [-0.15, -0.1) is 11.6 Å². The number of nitrogens with one attached hydrogen (secondary N) is 1. The summed E-state index contributed by atoms with van der Waals surface area (Å²) in [5.41, 5.74) is 3.28. The molecular formula is C20H18ClFN4O. The first-order valence-corrected chi connectivity index (χ1v) is 9.34.